The number of anilines is 4. The highest BCUT2D eigenvalue weighted by molar-refractivity contribution is 6.06. The third-order valence-corrected chi connectivity index (χ3v) is 13.2. The molecule has 1 aliphatic carbocycles. The summed E-state index contributed by atoms with van der Waals surface area (Å²) in [6.45, 7) is 10.8. The van der Waals surface area contributed by atoms with E-state index < -0.39 is 5.41 Å². The van der Waals surface area contributed by atoms with Crippen LogP contribution in [0.15, 0.2) is 47.5 Å². The lowest BCUT2D eigenvalue weighted by molar-refractivity contribution is -0.137. The topological polar surface area (TPSA) is 163 Å². The molecule has 0 bridgehead atoms. The van der Waals surface area contributed by atoms with Gasteiger partial charge in [-0.3, -0.25) is 38.6 Å². The summed E-state index contributed by atoms with van der Waals surface area (Å²) in [6.07, 6.45) is 10.4. The molecule has 1 saturated carbocycles. The Bertz CT molecular complexity index is 2490. The van der Waals surface area contributed by atoms with Gasteiger partial charge in [-0.05, 0) is 76.6 Å². The molecule has 0 spiro atoms. The molecular weight excluding hydrogens is 735 g/mol. The van der Waals surface area contributed by atoms with Crippen molar-refractivity contribution in [1.82, 2.24) is 39.5 Å². The molecule has 2 amide bonds. The van der Waals surface area contributed by atoms with Crippen LogP contribution < -0.4 is 26.0 Å². The van der Waals surface area contributed by atoms with Gasteiger partial charge in [-0.1, -0.05) is 25.0 Å². The van der Waals surface area contributed by atoms with Gasteiger partial charge in [-0.2, -0.15) is 10.1 Å². The summed E-state index contributed by atoms with van der Waals surface area (Å²) in [5, 5.41) is 12.3. The van der Waals surface area contributed by atoms with Crippen molar-refractivity contribution in [2.24, 2.45) is 7.05 Å². The normalized spacial score (nSPS) is 21.3. The molecule has 302 valence electrons. The van der Waals surface area contributed by atoms with Crippen molar-refractivity contribution in [2.75, 3.05) is 54.4 Å². The summed E-state index contributed by atoms with van der Waals surface area (Å²) in [5.74, 6) is 0.239. The zero-order chi connectivity index (χ0) is 40.3. The maximum absolute atomic E-state index is 13.6. The van der Waals surface area contributed by atoms with Crippen LogP contribution in [0.25, 0.3) is 21.9 Å². The molecule has 7 heterocycles. The number of Topliss-reactive ketones (excluding diaryl/α,β-unsaturated/α-hetero) is 1. The Labute approximate surface area is 336 Å². The Morgan fingerprint density at radius 2 is 1.64 bits per heavy atom. The standard InChI is InChI=1S/C43H51N11O4/c1-26-32-25-45-42(48-39(32)54(29-8-5-6-9-29)40(57)36(26)27(2)55)46-34-13-12-30(24-44-34)51-18-15-28(16-19-51)52-20-22-53(23-21-52)33-11-7-10-31-37(33)50(4)49-38(31)43(3)17-14-35(56)47-41(43)58/h7,10-13,24-25,28-29H,5-6,8-9,14-23H2,1-4H3,(H,47,56,58)(H,44,45,46,48). The van der Waals surface area contributed by atoms with E-state index in [-0.39, 0.29) is 34.8 Å². The lowest BCUT2D eigenvalue weighted by Gasteiger charge is -2.43. The number of aryl methyl sites for hydroxylation is 2. The number of amides is 2. The van der Waals surface area contributed by atoms with Crippen LogP contribution in [0.5, 0.6) is 0 Å². The number of ketones is 1. The third-order valence-electron chi connectivity index (χ3n) is 13.2. The Morgan fingerprint density at radius 1 is 0.879 bits per heavy atom. The minimum atomic E-state index is -0.853. The summed E-state index contributed by atoms with van der Waals surface area (Å²) in [6, 6.07) is 10.8. The fourth-order valence-electron chi connectivity index (χ4n) is 9.90. The van der Waals surface area contributed by atoms with Crippen LogP contribution in [0, 0.1) is 6.92 Å². The highest BCUT2D eigenvalue weighted by atomic mass is 16.2. The molecule has 4 aliphatic rings. The number of benzene rings is 1. The summed E-state index contributed by atoms with van der Waals surface area (Å²) in [7, 11) is 1.94. The molecule has 1 unspecified atom stereocenters. The number of rotatable bonds is 8. The van der Waals surface area contributed by atoms with Gasteiger partial charge in [0, 0.05) is 81.8 Å². The second-order valence-electron chi connectivity index (χ2n) is 16.7. The minimum absolute atomic E-state index is 0.0167. The van der Waals surface area contributed by atoms with E-state index in [0.717, 1.165) is 111 Å². The largest absolute Gasteiger partial charge is 0.370 e. The highest BCUT2D eigenvalue weighted by Gasteiger charge is 2.43. The van der Waals surface area contributed by atoms with Gasteiger partial charge in [0.05, 0.1) is 39.8 Å². The van der Waals surface area contributed by atoms with E-state index in [1.54, 1.807) is 17.7 Å². The maximum atomic E-state index is 13.6. The fraction of sp³-hybridized carbons (Fsp3) is 0.488. The van der Waals surface area contributed by atoms with E-state index in [4.69, 9.17) is 15.1 Å². The number of fused-ring (bicyclic) bond motifs is 2. The molecule has 58 heavy (non-hydrogen) atoms. The van der Waals surface area contributed by atoms with E-state index in [9.17, 15) is 19.2 Å². The molecular formula is C43H51N11O4. The van der Waals surface area contributed by atoms with E-state index in [1.807, 2.05) is 37.0 Å². The molecule has 1 atom stereocenters. The first-order valence-electron chi connectivity index (χ1n) is 20.7. The van der Waals surface area contributed by atoms with Crippen LogP contribution in [-0.2, 0) is 22.1 Å². The van der Waals surface area contributed by atoms with Gasteiger partial charge in [-0.25, -0.2) is 9.97 Å². The number of imide groups is 1. The Kier molecular flexibility index (Phi) is 9.73. The number of piperidine rings is 2. The van der Waals surface area contributed by atoms with Gasteiger partial charge in [-0.15, -0.1) is 0 Å². The molecule has 5 aromatic rings. The van der Waals surface area contributed by atoms with Crippen LogP contribution in [0.2, 0.25) is 0 Å². The average Bonchev–Trinajstić information content (AvgIpc) is 3.88. The summed E-state index contributed by atoms with van der Waals surface area (Å²) in [4.78, 5) is 72.6. The van der Waals surface area contributed by atoms with Gasteiger partial charge in [0.1, 0.15) is 11.5 Å². The predicted octanol–water partition coefficient (Wildman–Crippen LogP) is 4.93. The van der Waals surface area contributed by atoms with Crippen LogP contribution in [-0.4, -0.2) is 97.1 Å². The maximum Gasteiger partial charge on any atom is 0.263 e. The number of aromatic nitrogens is 6. The molecule has 15 heteroatoms. The average molecular weight is 786 g/mol. The van der Waals surface area contributed by atoms with Crippen LogP contribution in [0.4, 0.5) is 23.1 Å². The van der Waals surface area contributed by atoms with Gasteiger partial charge >= 0.3 is 0 Å². The quantitative estimate of drug-likeness (QED) is 0.161. The zero-order valence-corrected chi connectivity index (χ0v) is 33.8. The van der Waals surface area contributed by atoms with Gasteiger partial charge in [0.25, 0.3) is 5.56 Å². The van der Waals surface area contributed by atoms with Gasteiger partial charge in [0.2, 0.25) is 17.8 Å². The lowest BCUT2D eigenvalue weighted by Crippen LogP contribution is -2.53. The number of hydrogen-bond acceptors (Lipinski definition) is 12. The summed E-state index contributed by atoms with van der Waals surface area (Å²) < 4.78 is 3.62. The van der Waals surface area contributed by atoms with Crippen LogP contribution in [0.1, 0.15) is 92.9 Å². The molecule has 3 saturated heterocycles. The number of carbonyl (C=O) groups is 3. The molecule has 9 rings (SSSR count). The number of pyridine rings is 2. The van der Waals surface area contributed by atoms with Crippen molar-refractivity contribution >= 4 is 62.7 Å². The Hall–Kier alpha value is -5.70. The second-order valence-corrected chi connectivity index (χ2v) is 16.7. The molecule has 0 radical (unpaired) electrons. The first-order valence-corrected chi connectivity index (χ1v) is 20.7. The van der Waals surface area contributed by atoms with Crippen molar-refractivity contribution in [3.63, 3.8) is 0 Å². The lowest BCUT2D eigenvalue weighted by atomic mass is 9.77. The van der Waals surface area contributed by atoms with E-state index in [2.05, 4.69) is 48.5 Å². The van der Waals surface area contributed by atoms with Crippen molar-refractivity contribution in [1.29, 1.82) is 0 Å². The number of nitrogens with zero attached hydrogens (tertiary/aromatic N) is 9. The monoisotopic (exact) mass is 785 g/mol. The second kappa shape index (κ2) is 14.9. The Morgan fingerprint density at radius 3 is 2.33 bits per heavy atom. The molecule has 4 aromatic heterocycles. The van der Waals surface area contributed by atoms with Crippen LogP contribution >= 0.6 is 0 Å². The Balaban J connectivity index is 0.827. The van der Waals surface area contributed by atoms with Crippen LogP contribution in [0.3, 0.4) is 0 Å². The van der Waals surface area contributed by atoms with E-state index >= 15 is 0 Å². The molecule has 2 N–H and O–H groups in total. The molecule has 15 nitrogen and oxygen atoms in total. The van der Waals surface area contributed by atoms with Gasteiger partial charge in [0.15, 0.2) is 5.78 Å². The fourth-order valence-corrected chi connectivity index (χ4v) is 9.90. The van der Waals surface area contributed by atoms with Crippen molar-refractivity contribution in [3.05, 3.63) is 69.9 Å². The van der Waals surface area contributed by atoms with Gasteiger partial charge < -0.3 is 15.1 Å². The predicted molar refractivity (Wildman–Crippen MR) is 223 cm³/mol. The van der Waals surface area contributed by atoms with Crippen molar-refractivity contribution in [3.8, 4) is 0 Å². The highest BCUT2D eigenvalue weighted by Crippen LogP contribution is 2.39. The van der Waals surface area contributed by atoms with Crippen molar-refractivity contribution < 1.29 is 14.4 Å². The first kappa shape index (κ1) is 37.9. The number of piperazine rings is 1. The zero-order valence-electron chi connectivity index (χ0n) is 33.8. The number of nitrogens with one attached hydrogen (secondary N) is 2. The summed E-state index contributed by atoms with van der Waals surface area (Å²) >= 11 is 0. The van der Waals surface area contributed by atoms with E-state index in [1.165, 1.54) is 6.92 Å². The molecule has 4 fully saturated rings. The number of hydrogen-bond donors (Lipinski definition) is 2. The molecule has 1 aromatic carbocycles. The number of carbonyl (C=O) groups excluding carboxylic acids is 3. The SMILES string of the molecule is CC(=O)c1c(C)c2cnc(Nc3ccc(N4CCC(N5CCN(c6cccc7c(C8(C)CCC(=O)NC8=O)nn(C)c67)CC5)CC4)cn3)nc2n(C2CCCC2)c1=O. The van der Waals surface area contributed by atoms with E-state index in [0.29, 0.717) is 41.9 Å². The smallest absolute Gasteiger partial charge is 0.263 e. The minimum Gasteiger partial charge on any atom is -0.370 e. The van der Waals surface area contributed by atoms with Crippen molar-refractivity contribution in [2.45, 2.75) is 89.6 Å². The molecule has 3 aliphatic heterocycles. The summed E-state index contributed by atoms with van der Waals surface area (Å²) in [5.41, 5.74) is 4.24. The first-order chi connectivity index (χ1) is 28.0. The third kappa shape index (κ3) is 6.58. The number of para-hydroxylation sites is 1.